The molecule has 0 atom stereocenters. The van der Waals surface area contributed by atoms with Crippen LogP contribution in [0.3, 0.4) is 0 Å². The maximum Gasteiger partial charge on any atom is 0.326 e. The molecule has 3 saturated heterocycles. The number of hydrazine groups is 1. The number of aryl methyl sites for hydroxylation is 1. The molecule has 0 saturated carbocycles. The molecule has 2 amide bonds. The smallest absolute Gasteiger partial charge is 0.326 e. The number of amides is 2. The number of aliphatic hydroxyl groups is 1. The fourth-order valence-corrected chi connectivity index (χ4v) is 5.91. The highest BCUT2D eigenvalue weighted by molar-refractivity contribution is 5.94. The highest BCUT2D eigenvalue weighted by atomic mass is 16.5. The molecule has 3 aliphatic rings. The van der Waals surface area contributed by atoms with Crippen LogP contribution in [-0.4, -0.2) is 84.4 Å². The Morgan fingerprint density at radius 2 is 1.94 bits per heavy atom. The highest BCUT2D eigenvalue weighted by Gasteiger charge is 2.51. The van der Waals surface area contributed by atoms with Crippen LogP contribution >= 0.6 is 0 Å². The molecule has 36 heavy (non-hydrogen) atoms. The molecule has 3 fully saturated rings. The molecule has 1 aromatic heterocycles. The third-order valence-electron chi connectivity index (χ3n) is 8.03. The van der Waals surface area contributed by atoms with Gasteiger partial charge in [0.15, 0.2) is 0 Å². The van der Waals surface area contributed by atoms with Crippen molar-refractivity contribution < 1.29 is 14.6 Å². The number of methoxy groups -OCH3 is 1. The van der Waals surface area contributed by atoms with Crippen molar-refractivity contribution in [1.82, 2.24) is 25.6 Å². The summed E-state index contributed by atoms with van der Waals surface area (Å²) in [4.78, 5) is 25.2. The number of β-amino-alcohol motifs (C(OH)–C–C–N with tert-alkyl or cyclic N) is 1. The van der Waals surface area contributed by atoms with Gasteiger partial charge in [0.1, 0.15) is 11.6 Å². The molecule has 3 aliphatic heterocycles. The monoisotopic (exact) mass is 494 g/mol. The molecule has 1 aromatic carbocycles. The first-order chi connectivity index (χ1) is 17.6. The van der Waals surface area contributed by atoms with E-state index in [9.17, 15) is 9.90 Å². The van der Waals surface area contributed by atoms with Crippen LogP contribution in [-0.2, 0) is 13.0 Å². The van der Waals surface area contributed by atoms with Gasteiger partial charge in [0.2, 0.25) is 0 Å². The number of carbonyl (C=O) groups excluding carboxylic acids is 1. The Morgan fingerprint density at radius 3 is 2.64 bits per heavy atom. The number of carbonyl (C=O) groups is 1. The van der Waals surface area contributed by atoms with Gasteiger partial charge in [-0.15, -0.1) is 0 Å². The molecular weight excluding hydrogens is 456 g/mol. The predicted molar refractivity (Wildman–Crippen MR) is 139 cm³/mol. The van der Waals surface area contributed by atoms with Crippen LogP contribution in [0.15, 0.2) is 36.4 Å². The van der Waals surface area contributed by atoms with Gasteiger partial charge in [-0.3, -0.25) is 15.8 Å². The largest absolute Gasteiger partial charge is 0.497 e. The normalized spacial score (nSPS) is 20.6. The first kappa shape index (κ1) is 25.0. The number of aliphatic hydroxyl groups excluding tert-OH is 1. The molecule has 3 N–H and O–H groups in total. The van der Waals surface area contributed by atoms with Crippen molar-refractivity contribution in [2.45, 2.75) is 44.2 Å². The van der Waals surface area contributed by atoms with E-state index in [-0.39, 0.29) is 18.2 Å². The molecular formula is C27H38N6O3. The lowest BCUT2D eigenvalue weighted by Gasteiger charge is -2.43. The second kappa shape index (κ2) is 10.7. The number of likely N-dealkylation sites (tertiary alicyclic amines) is 1. The maximum absolute atomic E-state index is 14.0. The molecule has 0 bridgehead atoms. The van der Waals surface area contributed by atoms with Crippen molar-refractivity contribution in [2.75, 3.05) is 57.9 Å². The Bertz CT molecular complexity index is 1070. The zero-order chi connectivity index (χ0) is 25.1. The minimum absolute atomic E-state index is 0.0138. The molecule has 9 heteroatoms. The van der Waals surface area contributed by atoms with Crippen LogP contribution < -0.4 is 20.5 Å². The van der Waals surface area contributed by atoms with Gasteiger partial charge in [-0.1, -0.05) is 25.1 Å². The second-order valence-corrected chi connectivity index (χ2v) is 10.1. The van der Waals surface area contributed by atoms with Crippen molar-refractivity contribution >= 4 is 11.8 Å². The quantitative estimate of drug-likeness (QED) is 0.518. The lowest BCUT2D eigenvalue weighted by molar-refractivity contribution is 0.0640. The number of pyridine rings is 1. The summed E-state index contributed by atoms with van der Waals surface area (Å²) in [6.45, 7) is 7.64. The molecule has 5 rings (SSSR count). The van der Waals surface area contributed by atoms with Gasteiger partial charge in [0, 0.05) is 50.9 Å². The number of anilines is 1. The summed E-state index contributed by atoms with van der Waals surface area (Å²) >= 11 is 0. The van der Waals surface area contributed by atoms with E-state index in [0.29, 0.717) is 25.6 Å². The number of nitrogens with one attached hydrogen (secondary N) is 2. The van der Waals surface area contributed by atoms with E-state index in [1.165, 1.54) is 5.56 Å². The number of piperidine rings is 1. The third-order valence-corrected chi connectivity index (χ3v) is 8.03. The van der Waals surface area contributed by atoms with Gasteiger partial charge in [0.05, 0.1) is 25.8 Å². The molecule has 9 nitrogen and oxygen atoms in total. The number of rotatable bonds is 8. The summed E-state index contributed by atoms with van der Waals surface area (Å²) in [7, 11) is 1.67. The number of urea groups is 1. The molecule has 0 radical (unpaired) electrons. The van der Waals surface area contributed by atoms with Gasteiger partial charge < -0.3 is 19.6 Å². The Kier molecular flexibility index (Phi) is 7.43. The van der Waals surface area contributed by atoms with Gasteiger partial charge in [-0.25, -0.2) is 9.78 Å². The Labute approximate surface area is 213 Å². The minimum Gasteiger partial charge on any atom is -0.497 e. The second-order valence-electron chi connectivity index (χ2n) is 10.1. The van der Waals surface area contributed by atoms with E-state index in [0.717, 1.165) is 68.3 Å². The van der Waals surface area contributed by atoms with E-state index in [1.54, 1.807) is 7.11 Å². The number of aromatic nitrogens is 1. The average molecular weight is 495 g/mol. The summed E-state index contributed by atoms with van der Waals surface area (Å²) in [6.07, 6.45) is 2.57. The van der Waals surface area contributed by atoms with Crippen molar-refractivity contribution in [3.05, 3.63) is 53.2 Å². The Morgan fingerprint density at radius 1 is 1.17 bits per heavy atom. The van der Waals surface area contributed by atoms with Gasteiger partial charge in [-0.2, -0.15) is 0 Å². The molecule has 0 aliphatic carbocycles. The first-order valence-corrected chi connectivity index (χ1v) is 13.1. The lowest BCUT2D eigenvalue weighted by atomic mass is 9.86. The summed E-state index contributed by atoms with van der Waals surface area (Å²) in [5.41, 5.74) is 9.53. The zero-order valence-corrected chi connectivity index (χ0v) is 21.4. The highest BCUT2D eigenvalue weighted by Crippen LogP contribution is 2.39. The van der Waals surface area contributed by atoms with Crippen LogP contribution in [0, 0.1) is 0 Å². The van der Waals surface area contributed by atoms with E-state index >= 15 is 0 Å². The number of benzene rings is 1. The fraction of sp³-hybridized carbons (Fsp3) is 0.556. The summed E-state index contributed by atoms with van der Waals surface area (Å²) < 4.78 is 5.43. The van der Waals surface area contributed by atoms with Crippen molar-refractivity contribution in [2.24, 2.45) is 0 Å². The Balaban J connectivity index is 1.44. The fourth-order valence-electron chi connectivity index (χ4n) is 5.91. The van der Waals surface area contributed by atoms with E-state index in [4.69, 9.17) is 9.72 Å². The summed E-state index contributed by atoms with van der Waals surface area (Å²) in [6, 6.07) is 12.2. The Hall–Kier alpha value is -2.72. The van der Waals surface area contributed by atoms with E-state index in [1.807, 2.05) is 29.2 Å². The molecule has 1 spiro atoms. The molecule has 0 unspecified atom stereocenters. The van der Waals surface area contributed by atoms with E-state index < -0.39 is 0 Å². The standard InChI is InChI=1S/C27H38N6O3/c1-3-24-23(21-16-28-29-17-21)7-8-25(30-24)32-19-27(9-11-31(12-10-27)13-14-34)33(26(32)35)18-20-5-4-6-22(15-20)36-2/h4-8,15,21,28-29,34H,3,9-14,16-19H2,1-2H3. The van der Waals surface area contributed by atoms with Crippen molar-refractivity contribution in [3.63, 3.8) is 0 Å². The predicted octanol–water partition coefficient (Wildman–Crippen LogP) is 2.11. The summed E-state index contributed by atoms with van der Waals surface area (Å²) in [5.74, 6) is 1.93. The maximum atomic E-state index is 14.0. The average Bonchev–Trinajstić information content (AvgIpc) is 3.54. The zero-order valence-electron chi connectivity index (χ0n) is 21.4. The van der Waals surface area contributed by atoms with Crippen LogP contribution in [0.2, 0.25) is 0 Å². The van der Waals surface area contributed by atoms with Gasteiger partial charge in [0.25, 0.3) is 0 Å². The SMILES string of the molecule is CCc1nc(N2CC3(CCN(CCO)CC3)N(Cc3cccc(OC)c3)C2=O)ccc1C1CNNC1. The molecule has 194 valence electrons. The molecule has 4 heterocycles. The van der Waals surface area contributed by atoms with Crippen molar-refractivity contribution in [1.29, 1.82) is 0 Å². The van der Waals surface area contributed by atoms with Gasteiger partial charge >= 0.3 is 6.03 Å². The lowest BCUT2D eigenvalue weighted by Crippen LogP contribution is -2.54. The first-order valence-electron chi connectivity index (χ1n) is 13.1. The van der Waals surface area contributed by atoms with Crippen LogP contribution in [0.25, 0.3) is 0 Å². The van der Waals surface area contributed by atoms with Crippen LogP contribution in [0.1, 0.15) is 42.5 Å². The van der Waals surface area contributed by atoms with E-state index in [2.05, 4.69) is 39.7 Å². The topological polar surface area (TPSA) is 93.2 Å². The number of nitrogens with zero attached hydrogens (tertiary/aromatic N) is 4. The third kappa shape index (κ3) is 4.80. The summed E-state index contributed by atoms with van der Waals surface area (Å²) in [5, 5.41) is 9.41. The number of hydrogen-bond acceptors (Lipinski definition) is 7. The number of hydrogen-bond donors (Lipinski definition) is 3. The van der Waals surface area contributed by atoms with Crippen LogP contribution in [0.4, 0.5) is 10.6 Å². The van der Waals surface area contributed by atoms with Crippen LogP contribution in [0.5, 0.6) is 5.75 Å². The number of ether oxygens (including phenoxy) is 1. The van der Waals surface area contributed by atoms with Crippen molar-refractivity contribution in [3.8, 4) is 5.75 Å². The molecule has 2 aromatic rings. The van der Waals surface area contributed by atoms with Gasteiger partial charge in [-0.05, 0) is 48.6 Å². The minimum atomic E-state index is -0.266.